The highest BCUT2D eigenvalue weighted by molar-refractivity contribution is 5.96. The lowest BCUT2D eigenvalue weighted by Crippen LogP contribution is -2.40. The average Bonchev–Trinajstić information content (AvgIpc) is 3.12. The summed E-state index contributed by atoms with van der Waals surface area (Å²) in [5.74, 6) is 0.547. The Morgan fingerprint density at radius 1 is 1.03 bits per heavy atom. The van der Waals surface area contributed by atoms with E-state index in [4.69, 9.17) is 4.74 Å². The van der Waals surface area contributed by atoms with Crippen LogP contribution in [0.4, 0.5) is 0 Å². The van der Waals surface area contributed by atoms with Crippen molar-refractivity contribution in [1.82, 2.24) is 18.7 Å². The highest BCUT2D eigenvalue weighted by Crippen LogP contribution is 2.16. The van der Waals surface area contributed by atoms with E-state index in [0.29, 0.717) is 30.7 Å². The molecule has 1 N–H and O–H groups in total. The Hall–Kier alpha value is -3.20. The van der Waals surface area contributed by atoms with E-state index < -0.39 is 17.9 Å². The molecule has 0 saturated carbocycles. The first-order valence-corrected chi connectivity index (χ1v) is 9.97. The highest BCUT2D eigenvalue weighted by Gasteiger charge is 2.22. The van der Waals surface area contributed by atoms with Crippen molar-refractivity contribution in [3.8, 4) is 5.75 Å². The number of carbonyl (C=O) groups is 1. The molecule has 9 heteroatoms. The summed E-state index contributed by atoms with van der Waals surface area (Å²) >= 11 is 0. The number of carbonyl (C=O) groups excluding carboxylic acids is 1. The third-order valence-electron chi connectivity index (χ3n) is 4.94. The average molecular weight is 414 g/mol. The van der Waals surface area contributed by atoms with E-state index in [9.17, 15) is 19.5 Å². The number of benzene rings is 1. The van der Waals surface area contributed by atoms with Crippen LogP contribution in [-0.2, 0) is 26.2 Å². The van der Waals surface area contributed by atoms with Gasteiger partial charge in [-0.15, -0.1) is 0 Å². The zero-order valence-corrected chi connectivity index (χ0v) is 17.4. The molecule has 0 radical (unpaired) electrons. The standard InChI is InChI=1S/C21H26N4O5/c1-4-10-23-19-18(20(28)24(11-5-2)21(23)29)25(17(13-26)22-19)12-16(27)14-6-8-15(30-3)9-7-14/h6-9,26H,4-5,10-13H2,1-3H3. The molecule has 30 heavy (non-hydrogen) atoms. The van der Waals surface area contributed by atoms with E-state index in [-0.39, 0.29) is 35.9 Å². The van der Waals surface area contributed by atoms with E-state index in [1.54, 1.807) is 31.4 Å². The Kier molecular flexibility index (Phi) is 6.51. The van der Waals surface area contributed by atoms with Crippen molar-refractivity contribution in [2.24, 2.45) is 0 Å². The van der Waals surface area contributed by atoms with Gasteiger partial charge in [0.25, 0.3) is 5.56 Å². The number of Topliss-reactive ketones (excluding diaryl/α,β-unsaturated/α-hetero) is 1. The van der Waals surface area contributed by atoms with Crippen LogP contribution in [0.1, 0.15) is 42.9 Å². The van der Waals surface area contributed by atoms with Crippen molar-refractivity contribution in [1.29, 1.82) is 0 Å². The Balaban J connectivity index is 2.18. The molecule has 0 unspecified atom stereocenters. The number of aryl methyl sites for hydroxylation is 1. The summed E-state index contributed by atoms with van der Waals surface area (Å²) in [7, 11) is 1.54. The van der Waals surface area contributed by atoms with Gasteiger partial charge >= 0.3 is 5.69 Å². The Labute approximate surface area is 173 Å². The lowest BCUT2D eigenvalue weighted by Gasteiger charge is -2.12. The van der Waals surface area contributed by atoms with Crippen LogP contribution in [0.25, 0.3) is 11.2 Å². The molecule has 0 fully saturated rings. The molecule has 0 atom stereocenters. The Morgan fingerprint density at radius 3 is 2.23 bits per heavy atom. The fraction of sp³-hybridized carbons (Fsp3) is 0.429. The summed E-state index contributed by atoms with van der Waals surface area (Å²) in [5.41, 5.74) is -0.128. The fourth-order valence-corrected chi connectivity index (χ4v) is 3.48. The molecule has 9 nitrogen and oxygen atoms in total. The smallest absolute Gasteiger partial charge is 0.332 e. The molecular formula is C21H26N4O5. The molecule has 0 aliphatic heterocycles. The number of ether oxygens (including phenoxy) is 1. The van der Waals surface area contributed by atoms with E-state index in [2.05, 4.69) is 4.98 Å². The first-order chi connectivity index (χ1) is 14.5. The minimum Gasteiger partial charge on any atom is -0.497 e. The first kappa shape index (κ1) is 21.5. The van der Waals surface area contributed by atoms with Gasteiger partial charge in [-0.3, -0.25) is 18.7 Å². The van der Waals surface area contributed by atoms with Crippen LogP contribution in [0.3, 0.4) is 0 Å². The van der Waals surface area contributed by atoms with E-state index in [0.717, 1.165) is 0 Å². The van der Waals surface area contributed by atoms with Crippen LogP contribution >= 0.6 is 0 Å². The van der Waals surface area contributed by atoms with Crippen molar-refractivity contribution in [3.63, 3.8) is 0 Å². The predicted molar refractivity (Wildman–Crippen MR) is 112 cm³/mol. The second kappa shape index (κ2) is 9.08. The molecule has 160 valence electrons. The largest absolute Gasteiger partial charge is 0.497 e. The van der Waals surface area contributed by atoms with Gasteiger partial charge < -0.3 is 14.4 Å². The second-order valence-electron chi connectivity index (χ2n) is 6.99. The van der Waals surface area contributed by atoms with Crippen LogP contribution in [0, 0.1) is 0 Å². The van der Waals surface area contributed by atoms with Crippen LogP contribution < -0.4 is 16.0 Å². The minimum absolute atomic E-state index is 0.155. The number of aliphatic hydroxyl groups is 1. The summed E-state index contributed by atoms with van der Waals surface area (Å²) in [5, 5.41) is 9.82. The minimum atomic E-state index is -0.501. The molecule has 3 rings (SSSR count). The van der Waals surface area contributed by atoms with Gasteiger partial charge in [-0.2, -0.15) is 0 Å². The number of rotatable bonds is 9. The van der Waals surface area contributed by atoms with Crippen molar-refractivity contribution in [3.05, 3.63) is 56.5 Å². The molecule has 0 bridgehead atoms. The quantitative estimate of drug-likeness (QED) is 0.533. The third kappa shape index (κ3) is 3.80. The molecule has 0 amide bonds. The normalized spacial score (nSPS) is 11.2. The van der Waals surface area contributed by atoms with Gasteiger partial charge in [0.2, 0.25) is 0 Å². The predicted octanol–water partition coefficient (Wildman–Crippen LogP) is 1.56. The van der Waals surface area contributed by atoms with Crippen molar-refractivity contribution in [2.75, 3.05) is 7.11 Å². The molecule has 0 aliphatic rings. The monoisotopic (exact) mass is 414 g/mol. The zero-order chi connectivity index (χ0) is 21.8. The van der Waals surface area contributed by atoms with Gasteiger partial charge in [0, 0.05) is 18.7 Å². The summed E-state index contributed by atoms with van der Waals surface area (Å²) in [6.45, 7) is 3.81. The number of ketones is 1. The number of hydrogen-bond acceptors (Lipinski definition) is 6. The topological polar surface area (TPSA) is 108 Å². The van der Waals surface area contributed by atoms with E-state index in [1.807, 2.05) is 13.8 Å². The number of methoxy groups -OCH3 is 1. The van der Waals surface area contributed by atoms with Gasteiger partial charge in [-0.25, -0.2) is 9.78 Å². The van der Waals surface area contributed by atoms with Crippen LogP contribution in [0.2, 0.25) is 0 Å². The number of nitrogens with zero attached hydrogens (tertiary/aromatic N) is 4. The fourth-order valence-electron chi connectivity index (χ4n) is 3.48. The van der Waals surface area contributed by atoms with Gasteiger partial charge in [0.05, 0.1) is 13.7 Å². The molecule has 0 saturated heterocycles. The van der Waals surface area contributed by atoms with E-state index in [1.165, 1.54) is 13.7 Å². The Morgan fingerprint density at radius 2 is 1.67 bits per heavy atom. The van der Waals surface area contributed by atoms with Crippen molar-refractivity contribution in [2.45, 2.75) is 52.9 Å². The number of fused-ring (bicyclic) bond motifs is 1. The summed E-state index contributed by atoms with van der Waals surface area (Å²) in [4.78, 5) is 43.2. The number of hydrogen-bond donors (Lipinski definition) is 1. The lowest BCUT2D eigenvalue weighted by atomic mass is 10.1. The van der Waals surface area contributed by atoms with Gasteiger partial charge in [0.15, 0.2) is 16.9 Å². The maximum Gasteiger partial charge on any atom is 0.332 e. The Bertz CT molecular complexity index is 1170. The maximum absolute atomic E-state index is 13.1. The number of imidazole rings is 1. The summed E-state index contributed by atoms with van der Waals surface area (Å²) < 4.78 is 9.15. The molecule has 2 aromatic heterocycles. The van der Waals surface area contributed by atoms with Gasteiger partial charge in [0.1, 0.15) is 18.2 Å². The first-order valence-electron chi connectivity index (χ1n) is 9.97. The molecule has 2 heterocycles. The van der Waals surface area contributed by atoms with E-state index >= 15 is 0 Å². The van der Waals surface area contributed by atoms with Crippen LogP contribution in [-0.4, -0.2) is 36.7 Å². The molecule has 0 spiro atoms. The molecule has 0 aliphatic carbocycles. The number of aliphatic hydroxyl groups excluding tert-OH is 1. The maximum atomic E-state index is 13.1. The molecule has 1 aromatic carbocycles. The van der Waals surface area contributed by atoms with Gasteiger partial charge in [-0.1, -0.05) is 13.8 Å². The third-order valence-corrected chi connectivity index (χ3v) is 4.94. The van der Waals surface area contributed by atoms with Gasteiger partial charge in [-0.05, 0) is 37.1 Å². The zero-order valence-electron chi connectivity index (χ0n) is 17.4. The lowest BCUT2D eigenvalue weighted by molar-refractivity contribution is 0.0970. The summed E-state index contributed by atoms with van der Waals surface area (Å²) in [6.07, 6.45) is 1.28. The molecule has 3 aromatic rings. The SMILES string of the molecule is CCCn1c(=O)c2c(nc(CO)n2CC(=O)c2ccc(OC)cc2)n(CCC)c1=O. The van der Waals surface area contributed by atoms with Crippen molar-refractivity contribution >= 4 is 16.9 Å². The highest BCUT2D eigenvalue weighted by atomic mass is 16.5. The summed E-state index contributed by atoms with van der Waals surface area (Å²) in [6, 6.07) is 6.64. The second-order valence-corrected chi connectivity index (χ2v) is 6.99. The van der Waals surface area contributed by atoms with Crippen LogP contribution in [0.5, 0.6) is 5.75 Å². The number of aromatic nitrogens is 4. The molecular weight excluding hydrogens is 388 g/mol. The van der Waals surface area contributed by atoms with Crippen molar-refractivity contribution < 1.29 is 14.6 Å². The van der Waals surface area contributed by atoms with Crippen LogP contribution in [0.15, 0.2) is 33.9 Å².